The Morgan fingerprint density at radius 2 is 1.88 bits per heavy atom. The smallest absolute Gasteiger partial charge is 0.240 e. The van der Waals surface area contributed by atoms with Crippen LogP contribution in [0.5, 0.6) is 0 Å². The van der Waals surface area contributed by atoms with Crippen LogP contribution in [-0.4, -0.2) is 11.8 Å². The molecule has 0 saturated heterocycles. The Bertz CT molecular complexity index is 715. The van der Waals surface area contributed by atoms with Crippen LogP contribution < -0.4 is 16.2 Å². The predicted molar refractivity (Wildman–Crippen MR) is 98.7 cm³/mol. The van der Waals surface area contributed by atoms with E-state index >= 15 is 0 Å². The van der Waals surface area contributed by atoms with Gasteiger partial charge in [-0.2, -0.15) is 0 Å². The van der Waals surface area contributed by atoms with Gasteiger partial charge in [0.2, 0.25) is 11.8 Å². The van der Waals surface area contributed by atoms with Crippen LogP contribution >= 0.6 is 46.1 Å². The van der Waals surface area contributed by atoms with E-state index in [4.69, 9.17) is 34.8 Å². The molecule has 3 N–H and O–H groups in total. The Morgan fingerprint density at radius 3 is 2.42 bits per heavy atom. The molecule has 0 radical (unpaired) electrons. The number of amides is 2. The van der Waals surface area contributed by atoms with Crippen molar-refractivity contribution in [3.05, 3.63) is 49.6 Å². The van der Waals surface area contributed by atoms with Crippen molar-refractivity contribution in [2.45, 2.75) is 19.4 Å². The second kappa shape index (κ2) is 8.58. The molecule has 0 fully saturated rings. The minimum absolute atomic E-state index is 0.0654. The first-order chi connectivity index (χ1) is 11.4. The van der Waals surface area contributed by atoms with Gasteiger partial charge >= 0.3 is 0 Å². The second-order valence-electron chi connectivity index (χ2n) is 4.89. The maximum Gasteiger partial charge on any atom is 0.240 e. The first-order valence-electron chi connectivity index (χ1n) is 6.86. The van der Waals surface area contributed by atoms with Gasteiger partial charge in [0.25, 0.3) is 0 Å². The molecular formula is C15H14Cl3N3O2S. The third-order valence-electron chi connectivity index (χ3n) is 2.99. The molecule has 0 unspecified atom stereocenters. The van der Waals surface area contributed by atoms with E-state index in [-0.39, 0.29) is 28.3 Å². The molecule has 1 aromatic heterocycles. The van der Waals surface area contributed by atoms with Crippen molar-refractivity contribution >= 4 is 63.6 Å². The summed E-state index contributed by atoms with van der Waals surface area (Å²) in [5, 5.41) is 5.60. The average Bonchev–Trinajstić information content (AvgIpc) is 2.99. The minimum Gasteiger partial charge on any atom is -0.348 e. The van der Waals surface area contributed by atoms with Gasteiger partial charge in [-0.3, -0.25) is 20.4 Å². The highest BCUT2D eigenvalue weighted by atomic mass is 35.5. The first kappa shape index (κ1) is 18.9. The summed E-state index contributed by atoms with van der Waals surface area (Å²) < 4.78 is 0. The molecule has 0 aliphatic rings. The van der Waals surface area contributed by atoms with Gasteiger partial charge in [-0.05, 0) is 23.6 Å². The van der Waals surface area contributed by atoms with E-state index in [9.17, 15) is 9.59 Å². The molecule has 2 rings (SSSR count). The summed E-state index contributed by atoms with van der Waals surface area (Å²) in [4.78, 5) is 24.4. The van der Waals surface area contributed by atoms with E-state index in [1.54, 1.807) is 0 Å². The molecule has 1 atom stereocenters. The van der Waals surface area contributed by atoms with Crippen molar-refractivity contribution in [3.63, 3.8) is 0 Å². The minimum atomic E-state index is -0.402. The highest BCUT2D eigenvalue weighted by Crippen LogP contribution is 2.33. The summed E-state index contributed by atoms with van der Waals surface area (Å²) in [7, 11) is 0. The number of benzene rings is 1. The SMILES string of the molecule is CC(=O)N[C@@H](CC(=O)NNc1c(Cl)cc(Cl)cc1Cl)c1cccs1. The summed E-state index contributed by atoms with van der Waals surface area (Å²) in [6.45, 7) is 1.41. The van der Waals surface area contributed by atoms with E-state index in [1.807, 2.05) is 17.5 Å². The Labute approximate surface area is 158 Å². The molecule has 0 spiro atoms. The molecular weight excluding hydrogens is 393 g/mol. The predicted octanol–water partition coefficient (Wildman–Crippen LogP) is 4.42. The van der Waals surface area contributed by atoms with Crippen LogP contribution in [0.2, 0.25) is 15.1 Å². The van der Waals surface area contributed by atoms with Crippen molar-refractivity contribution in [2.75, 3.05) is 5.43 Å². The molecule has 0 bridgehead atoms. The summed E-state index contributed by atoms with van der Waals surface area (Å²) in [5.74, 6) is -0.540. The maximum absolute atomic E-state index is 12.2. The Balaban J connectivity index is 2.00. The lowest BCUT2D eigenvalue weighted by Gasteiger charge is -2.17. The number of thiophene rings is 1. The molecule has 0 aliphatic heterocycles. The normalized spacial score (nSPS) is 11.7. The summed E-state index contributed by atoms with van der Waals surface area (Å²) in [6.07, 6.45) is 0.0654. The topological polar surface area (TPSA) is 70.2 Å². The summed E-state index contributed by atoms with van der Waals surface area (Å²) >= 11 is 19.4. The molecule has 24 heavy (non-hydrogen) atoms. The summed E-state index contributed by atoms with van der Waals surface area (Å²) in [6, 6.07) is 6.34. The van der Waals surface area contributed by atoms with Crippen molar-refractivity contribution < 1.29 is 9.59 Å². The standard InChI is InChI=1S/C15H14Cl3N3O2S/c1-8(22)19-12(13-3-2-4-24-13)7-14(23)20-21-15-10(17)5-9(16)6-11(15)18/h2-6,12,21H,7H2,1H3,(H,19,22)(H,20,23)/t12-/m0/s1. The third-order valence-corrected chi connectivity index (χ3v) is 4.79. The quantitative estimate of drug-likeness (QED) is 0.622. The number of carbonyl (C=O) groups excluding carboxylic acids is 2. The van der Waals surface area contributed by atoms with Gasteiger partial charge in [0.05, 0.1) is 28.2 Å². The Kier molecular flexibility index (Phi) is 6.74. The van der Waals surface area contributed by atoms with Gasteiger partial charge in [-0.25, -0.2) is 0 Å². The van der Waals surface area contributed by atoms with E-state index in [0.717, 1.165) is 4.88 Å². The van der Waals surface area contributed by atoms with Crippen LogP contribution in [0.25, 0.3) is 0 Å². The fraction of sp³-hybridized carbons (Fsp3) is 0.200. The van der Waals surface area contributed by atoms with Crippen LogP contribution in [0, 0.1) is 0 Å². The highest BCUT2D eigenvalue weighted by molar-refractivity contribution is 7.10. The van der Waals surface area contributed by atoms with Gasteiger partial charge in [-0.15, -0.1) is 11.3 Å². The molecule has 2 amide bonds. The molecule has 1 aromatic carbocycles. The zero-order chi connectivity index (χ0) is 17.7. The average molecular weight is 407 g/mol. The van der Waals surface area contributed by atoms with Crippen LogP contribution in [0.1, 0.15) is 24.3 Å². The lowest BCUT2D eigenvalue weighted by molar-refractivity contribution is -0.122. The highest BCUT2D eigenvalue weighted by Gasteiger charge is 2.18. The van der Waals surface area contributed by atoms with Gasteiger partial charge in [0, 0.05) is 16.8 Å². The van der Waals surface area contributed by atoms with Gasteiger partial charge in [0.15, 0.2) is 0 Å². The molecule has 5 nitrogen and oxygen atoms in total. The lowest BCUT2D eigenvalue weighted by Crippen LogP contribution is -2.35. The number of hydrogen-bond donors (Lipinski definition) is 3. The number of hydrazine groups is 1. The maximum atomic E-state index is 12.2. The molecule has 2 aromatic rings. The van der Waals surface area contributed by atoms with Gasteiger partial charge < -0.3 is 5.32 Å². The van der Waals surface area contributed by atoms with Gasteiger partial charge in [0.1, 0.15) is 0 Å². The van der Waals surface area contributed by atoms with Crippen molar-refractivity contribution in [2.24, 2.45) is 0 Å². The number of hydrogen-bond acceptors (Lipinski definition) is 4. The summed E-state index contributed by atoms with van der Waals surface area (Å²) in [5.41, 5.74) is 5.55. The van der Waals surface area contributed by atoms with E-state index in [2.05, 4.69) is 16.2 Å². The van der Waals surface area contributed by atoms with Crippen molar-refractivity contribution in [1.82, 2.24) is 10.7 Å². The molecule has 0 saturated carbocycles. The molecule has 1 heterocycles. The number of anilines is 1. The molecule has 0 aliphatic carbocycles. The first-order valence-corrected chi connectivity index (χ1v) is 8.88. The van der Waals surface area contributed by atoms with E-state index < -0.39 is 6.04 Å². The zero-order valence-electron chi connectivity index (χ0n) is 12.5. The van der Waals surface area contributed by atoms with Crippen molar-refractivity contribution in [1.29, 1.82) is 0 Å². The second-order valence-corrected chi connectivity index (χ2v) is 7.12. The fourth-order valence-corrected chi connectivity index (χ4v) is 3.68. The largest absolute Gasteiger partial charge is 0.348 e. The van der Waals surface area contributed by atoms with Crippen LogP contribution in [-0.2, 0) is 9.59 Å². The number of halogens is 3. The van der Waals surface area contributed by atoms with Crippen LogP contribution in [0.4, 0.5) is 5.69 Å². The zero-order valence-corrected chi connectivity index (χ0v) is 15.6. The Morgan fingerprint density at radius 1 is 1.21 bits per heavy atom. The number of carbonyl (C=O) groups is 2. The third kappa shape index (κ3) is 5.27. The van der Waals surface area contributed by atoms with Crippen LogP contribution in [0.15, 0.2) is 29.6 Å². The molecule has 128 valence electrons. The lowest BCUT2D eigenvalue weighted by atomic mass is 10.1. The van der Waals surface area contributed by atoms with E-state index in [1.165, 1.54) is 30.4 Å². The van der Waals surface area contributed by atoms with Crippen molar-refractivity contribution in [3.8, 4) is 0 Å². The van der Waals surface area contributed by atoms with E-state index in [0.29, 0.717) is 10.7 Å². The number of nitrogens with one attached hydrogen (secondary N) is 3. The monoisotopic (exact) mass is 405 g/mol. The van der Waals surface area contributed by atoms with Gasteiger partial charge in [-0.1, -0.05) is 40.9 Å². The van der Waals surface area contributed by atoms with Crippen LogP contribution in [0.3, 0.4) is 0 Å². The molecule has 9 heteroatoms. The fourth-order valence-electron chi connectivity index (χ4n) is 1.99. The number of rotatable bonds is 6. The Hall–Kier alpha value is -1.47.